The summed E-state index contributed by atoms with van der Waals surface area (Å²) in [6.07, 6.45) is 5.66. The summed E-state index contributed by atoms with van der Waals surface area (Å²) in [5.41, 5.74) is 4.96. The molecular weight excluding hydrogens is 238 g/mol. The molecule has 0 bridgehead atoms. The van der Waals surface area contributed by atoms with E-state index < -0.39 is 0 Å². The van der Waals surface area contributed by atoms with Gasteiger partial charge in [-0.2, -0.15) is 5.10 Å². The van der Waals surface area contributed by atoms with Crippen LogP contribution in [-0.4, -0.2) is 19.6 Å². The number of hydrogen-bond acceptors (Lipinski definition) is 4. The highest BCUT2D eigenvalue weighted by molar-refractivity contribution is 5.47. The van der Waals surface area contributed by atoms with Crippen LogP contribution in [0.1, 0.15) is 17.0 Å². The molecule has 19 heavy (non-hydrogen) atoms. The highest BCUT2D eigenvalue weighted by atomic mass is 15.2. The van der Waals surface area contributed by atoms with E-state index in [2.05, 4.69) is 20.4 Å². The first kappa shape index (κ1) is 11.6. The van der Waals surface area contributed by atoms with Gasteiger partial charge in [0.15, 0.2) is 5.65 Å². The number of aryl methyl sites for hydroxylation is 2. The van der Waals surface area contributed by atoms with Gasteiger partial charge in [-0.05, 0) is 26.0 Å². The molecule has 0 unspecified atom stereocenters. The molecule has 3 heterocycles. The molecular formula is C14H15N5. The molecule has 1 N–H and O–H groups in total. The van der Waals surface area contributed by atoms with E-state index in [4.69, 9.17) is 0 Å². The first-order chi connectivity index (χ1) is 9.22. The quantitative estimate of drug-likeness (QED) is 0.778. The van der Waals surface area contributed by atoms with Crippen molar-refractivity contribution in [1.82, 2.24) is 19.6 Å². The van der Waals surface area contributed by atoms with Crippen LogP contribution >= 0.6 is 0 Å². The lowest BCUT2D eigenvalue weighted by Gasteiger charge is -2.08. The fourth-order valence-electron chi connectivity index (χ4n) is 1.99. The van der Waals surface area contributed by atoms with E-state index in [9.17, 15) is 0 Å². The second kappa shape index (κ2) is 4.68. The minimum absolute atomic E-state index is 0.703. The number of fused-ring (bicyclic) bond motifs is 1. The Bertz CT molecular complexity index is 717. The topological polar surface area (TPSA) is 55.1 Å². The Hall–Kier alpha value is -2.43. The van der Waals surface area contributed by atoms with Crippen LogP contribution in [-0.2, 0) is 6.54 Å². The summed E-state index contributed by atoms with van der Waals surface area (Å²) >= 11 is 0. The Morgan fingerprint density at radius 1 is 1.26 bits per heavy atom. The minimum atomic E-state index is 0.703. The van der Waals surface area contributed by atoms with Crippen LogP contribution in [0.4, 0.5) is 5.69 Å². The summed E-state index contributed by atoms with van der Waals surface area (Å²) in [5.74, 6) is 0. The zero-order valence-corrected chi connectivity index (χ0v) is 11.0. The van der Waals surface area contributed by atoms with Crippen molar-refractivity contribution < 1.29 is 0 Å². The predicted molar refractivity (Wildman–Crippen MR) is 74.0 cm³/mol. The van der Waals surface area contributed by atoms with E-state index in [1.54, 1.807) is 6.20 Å². The molecule has 0 aromatic carbocycles. The van der Waals surface area contributed by atoms with Crippen LogP contribution in [0.25, 0.3) is 5.65 Å². The molecule has 3 rings (SSSR count). The highest BCUT2D eigenvalue weighted by Crippen LogP contribution is 2.12. The van der Waals surface area contributed by atoms with Crippen molar-refractivity contribution in [1.29, 1.82) is 0 Å². The van der Waals surface area contributed by atoms with E-state index in [0.29, 0.717) is 6.54 Å². The lowest BCUT2D eigenvalue weighted by atomic mass is 10.3. The second-order valence-corrected chi connectivity index (χ2v) is 4.54. The fourth-order valence-corrected chi connectivity index (χ4v) is 1.99. The number of hydrogen-bond donors (Lipinski definition) is 1. The lowest BCUT2D eigenvalue weighted by Crippen LogP contribution is -2.04. The second-order valence-electron chi connectivity index (χ2n) is 4.54. The highest BCUT2D eigenvalue weighted by Gasteiger charge is 2.02. The number of rotatable bonds is 3. The van der Waals surface area contributed by atoms with Gasteiger partial charge in [-0.3, -0.25) is 4.98 Å². The summed E-state index contributed by atoms with van der Waals surface area (Å²) in [6, 6.07) is 5.91. The summed E-state index contributed by atoms with van der Waals surface area (Å²) in [6.45, 7) is 4.65. The molecule has 96 valence electrons. The number of nitrogens with one attached hydrogen (secondary N) is 1. The molecule has 0 spiro atoms. The Morgan fingerprint density at radius 2 is 2.16 bits per heavy atom. The Labute approximate surface area is 111 Å². The van der Waals surface area contributed by atoms with Gasteiger partial charge < -0.3 is 5.32 Å². The largest absolute Gasteiger partial charge is 0.379 e. The molecule has 3 aromatic heterocycles. The molecule has 0 atom stereocenters. The van der Waals surface area contributed by atoms with Crippen molar-refractivity contribution in [2.45, 2.75) is 20.4 Å². The van der Waals surface area contributed by atoms with Gasteiger partial charge in [-0.15, -0.1) is 0 Å². The average molecular weight is 253 g/mol. The first-order valence-corrected chi connectivity index (χ1v) is 6.19. The third kappa shape index (κ3) is 2.40. The number of anilines is 1. The predicted octanol–water partition coefficient (Wildman–Crippen LogP) is 2.35. The number of nitrogens with zero attached hydrogens (tertiary/aromatic N) is 4. The molecule has 0 aliphatic heterocycles. The van der Waals surface area contributed by atoms with E-state index in [-0.39, 0.29) is 0 Å². The standard InChI is InChI=1S/C14H15N5/c1-10-6-14-17-8-12(9-19(14)18-10)7-16-13-4-3-5-15-11(13)2/h3-6,8-9,16H,7H2,1-2H3. The SMILES string of the molecule is Cc1cc2ncc(CNc3cccnc3C)cn2n1. The maximum absolute atomic E-state index is 4.38. The van der Waals surface area contributed by atoms with Crippen LogP contribution in [0.2, 0.25) is 0 Å². The number of aromatic nitrogens is 4. The Morgan fingerprint density at radius 3 is 3.00 bits per heavy atom. The molecule has 5 heteroatoms. The van der Waals surface area contributed by atoms with Gasteiger partial charge in [0, 0.05) is 36.8 Å². The van der Waals surface area contributed by atoms with Crippen molar-refractivity contribution in [3.8, 4) is 0 Å². The van der Waals surface area contributed by atoms with Gasteiger partial charge in [0.05, 0.1) is 17.1 Å². The maximum Gasteiger partial charge on any atom is 0.155 e. The molecule has 0 saturated carbocycles. The third-order valence-electron chi connectivity index (χ3n) is 2.98. The van der Waals surface area contributed by atoms with Crippen molar-refractivity contribution in [2.24, 2.45) is 0 Å². The van der Waals surface area contributed by atoms with Crippen molar-refractivity contribution >= 4 is 11.3 Å². The van der Waals surface area contributed by atoms with E-state index in [0.717, 1.165) is 28.3 Å². The maximum atomic E-state index is 4.38. The monoisotopic (exact) mass is 253 g/mol. The van der Waals surface area contributed by atoms with Gasteiger partial charge in [0.25, 0.3) is 0 Å². The lowest BCUT2D eigenvalue weighted by molar-refractivity contribution is 0.895. The molecule has 5 nitrogen and oxygen atoms in total. The smallest absolute Gasteiger partial charge is 0.155 e. The molecule has 0 saturated heterocycles. The molecule has 0 radical (unpaired) electrons. The van der Waals surface area contributed by atoms with Crippen LogP contribution < -0.4 is 5.32 Å². The van der Waals surface area contributed by atoms with Crippen molar-refractivity contribution in [3.63, 3.8) is 0 Å². The summed E-state index contributed by atoms with van der Waals surface area (Å²) in [4.78, 5) is 8.63. The molecule has 0 aliphatic rings. The Balaban J connectivity index is 1.80. The van der Waals surface area contributed by atoms with Gasteiger partial charge >= 0.3 is 0 Å². The average Bonchev–Trinajstić information content (AvgIpc) is 2.77. The fraction of sp³-hybridized carbons (Fsp3) is 0.214. The van der Waals surface area contributed by atoms with E-state index in [1.165, 1.54) is 0 Å². The minimum Gasteiger partial charge on any atom is -0.379 e. The molecule has 0 aliphatic carbocycles. The van der Waals surface area contributed by atoms with Crippen LogP contribution in [0, 0.1) is 13.8 Å². The Kier molecular flexibility index (Phi) is 2.87. The van der Waals surface area contributed by atoms with Gasteiger partial charge in [0.1, 0.15) is 0 Å². The van der Waals surface area contributed by atoms with Crippen LogP contribution in [0.15, 0.2) is 36.8 Å². The third-order valence-corrected chi connectivity index (χ3v) is 2.98. The zero-order chi connectivity index (χ0) is 13.2. The summed E-state index contributed by atoms with van der Waals surface area (Å²) in [7, 11) is 0. The first-order valence-electron chi connectivity index (χ1n) is 6.19. The molecule has 3 aromatic rings. The number of pyridine rings is 1. The summed E-state index contributed by atoms with van der Waals surface area (Å²) < 4.78 is 1.81. The van der Waals surface area contributed by atoms with Gasteiger partial charge in [0.2, 0.25) is 0 Å². The summed E-state index contributed by atoms with van der Waals surface area (Å²) in [5, 5.41) is 7.72. The van der Waals surface area contributed by atoms with E-state index >= 15 is 0 Å². The van der Waals surface area contributed by atoms with Crippen molar-refractivity contribution in [2.75, 3.05) is 5.32 Å². The van der Waals surface area contributed by atoms with Gasteiger partial charge in [-0.25, -0.2) is 9.50 Å². The zero-order valence-electron chi connectivity index (χ0n) is 11.0. The van der Waals surface area contributed by atoms with Crippen LogP contribution in [0.3, 0.4) is 0 Å². The van der Waals surface area contributed by atoms with E-state index in [1.807, 2.05) is 49.0 Å². The normalized spacial score (nSPS) is 10.8. The van der Waals surface area contributed by atoms with Crippen LogP contribution in [0.5, 0.6) is 0 Å². The molecule has 0 fully saturated rings. The van der Waals surface area contributed by atoms with Crippen molar-refractivity contribution in [3.05, 3.63) is 53.7 Å². The van der Waals surface area contributed by atoms with Gasteiger partial charge in [-0.1, -0.05) is 0 Å². The molecule has 0 amide bonds.